The lowest BCUT2D eigenvalue weighted by Crippen LogP contribution is -2.57. The molecule has 0 heterocycles. The number of amides is 4. The lowest BCUT2D eigenvalue weighted by atomic mass is 10.0. The molecule has 196 valence electrons. The van der Waals surface area contributed by atoms with Gasteiger partial charge in [0.05, 0.1) is 12.5 Å². The van der Waals surface area contributed by atoms with Gasteiger partial charge in [-0.05, 0) is 56.6 Å². The Morgan fingerprint density at radius 2 is 1.44 bits per heavy atom. The molecule has 0 rings (SSSR count). The van der Waals surface area contributed by atoms with Crippen molar-refractivity contribution in [2.24, 2.45) is 23.1 Å². The van der Waals surface area contributed by atoms with Crippen molar-refractivity contribution in [1.29, 1.82) is 0 Å². The molecule has 34 heavy (non-hydrogen) atoms. The van der Waals surface area contributed by atoms with E-state index in [1.165, 1.54) is 11.8 Å². The minimum absolute atomic E-state index is 0.0137. The topological polar surface area (TPSA) is 220 Å². The maximum absolute atomic E-state index is 13.0. The van der Waals surface area contributed by atoms with Crippen molar-refractivity contribution < 1.29 is 29.1 Å². The van der Waals surface area contributed by atoms with Crippen LogP contribution in [0.25, 0.3) is 0 Å². The number of primary amides is 1. The number of hydrogen-bond donors (Lipinski definition) is 7. The fourth-order valence-corrected chi connectivity index (χ4v) is 3.56. The second-order valence-corrected chi connectivity index (χ2v) is 9.48. The van der Waals surface area contributed by atoms with Crippen LogP contribution in [0.3, 0.4) is 0 Å². The van der Waals surface area contributed by atoms with Crippen LogP contribution in [0, 0.1) is 5.92 Å². The number of aliphatic carboxylic acids is 1. The summed E-state index contributed by atoms with van der Waals surface area (Å²) >= 11 is 1.46. The number of carboxylic acids is 1. The zero-order valence-corrected chi connectivity index (χ0v) is 21.0. The van der Waals surface area contributed by atoms with Gasteiger partial charge < -0.3 is 38.3 Å². The Morgan fingerprint density at radius 3 is 1.94 bits per heavy atom. The molecule has 0 radical (unpaired) electrons. The Balaban J connectivity index is 5.48. The number of rotatable bonds is 18. The van der Waals surface area contributed by atoms with Gasteiger partial charge in [0.15, 0.2) is 0 Å². The normalized spacial score (nSPS) is 14.5. The highest BCUT2D eigenvalue weighted by Gasteiger charge is 2.30. The first-order valence-electron chi connectivity index (χ1n) is 11.3. The third-order valence-corrected chi connectivity index (χ3v) is 5.55. The van der Waals surface area contributed by atoms with Crippen LogP contribution in [0.2, 0.25) is 0 Å². The van der Waals surface area contributed by atoms with Crippen molar-refractivity contribution in [3.63, 3.8) is 0 Å². The molecule has 0 aliphatic heterocycles. The number of thioether (sulfide) groups is 1. The van der Waals surface area contributed by atoms with Gasteiger partial charge in [0.25, 0.3) is 0 Å². The summed E-state index contributed by atoms with van der Waals surface area (Å²) in [7, 11) is 0. The van der Waals surface area contributed by atoms with Crippen LogP contribution in [0.15, 0.2) is 0 Å². The number of hydrogen-bond acceptors (Lipinski definition) is 8. The number of carboxylic acid groups (broad SMARTS) is 1. The van der Waals surface area contributed by atoms with Crippen LogP contribution in [0.1, 0.15) is 52.4 Å². The third kappa shape index (κ3) is 13.4. The minimum atomic E-state index is -1.22. The summed E-state index contributed by atoms with van der Waals surface area (Å²) in [4.78, 5) is 60.8. The second kappa shape index (κ2) is 17.1. The van der Waals surface area contributed by atoms with E-state index >= 15 is 0 Å². The first kappa shape index (κ1) is 31.6. The zero-order valence-electron chi connectivity index (χ0n) is 20.2. The highest BCUT2D eigenvalue weighted by Crippen LogP contribution is 2.09. The predicted octanol–water partition coefficient (Wildman–Crippen LogP) is -1.34. The molecule has 0 saturated carbocycles. The average molecular weight is 505 g/mol. The van der Waals surface area contributed by atoms with Gasteiger partial charge in [-0.25, -0.2) is 4.79 Å². The molecular weight excluding hydrogens is 464 g/mol. The molecule has 0 aliphatic rings. The van der Waals surface area contributed by atoms with E-state index in [1.54, 1.807) is 0 Å². The lowest BCUT2D eigenvalue weighted by Gasteiger charge is -2.26. The first-order valence-corrected chi connectivity index (χ1v) is 12.7. The molecule has 4 atom stereocenters. The molecule has 4 unspecified atom stereocenters. The van der Waals surface area contributed by atoms with Crippen LogP contribution in [-0.2, 0) is 24.0 Å². The Hall–Kier alpha value is -2.38. The van der Waals surface area contributed by atoms with Crippen LogP contribution >= 0.6 is 11.8 Å². The highest BCUT2D eigenvalue weighted by molar-refractivity contribution is 7.98. The molecule has 12 nitrogen and oxygen atoms in total. The van der Waals surface area contributed by atoms with E-state index < -0.39 is 53.8 Å². The molecule has 0 aromatic heterocycles. The van der Waals surface area contributed by atoms with E-state index in [4.69, 9.17) is 17.2 Å². The van der Waals surface area contributed by atoms with Gasteiger partial charge in [-0.2, -0.15) is 11.8 Å². The summed E-state index contributed by atoms with van der Waals surface area (Å²) in [6, 6.07) is -4.33. The fourth-order valence-electron chi connectivity index (χ4n) is 3.09. The SMILES string of the molecule is CSCCC(NC(=O)C(CC(C)C)NC(=O)C(CCCCN)NC(=O)C(N)CC(N)=O)C(=O)O. The van der Waals surface area contributed by atoms with Gasteiger partial charge in [0.2, 0.25) is 23.6 Å². The number of unbranched alkanes of at least 4 members (excludes halogenated alkanes) is 1. The smallest absolute Gasteiger partial charge is 0.326 e. The minimum Gasteiger partial charge on any atom is -0.480 e. The van der Waals surface area contributed by atoms with Crippen molar-refractivity contribution in [3.05, 3.63) is 0 Å². The second-order valence-electron chi connectivity index (χ2n) is 8.49. The Kier molecular flexibility index (Phi) is 15.9. The molecule has 0 bridgehead atoms. The van der Waals surface area contributed by atoms with Gasteiger partial charge in [0, 0.05) is 0 Å². The molecule has 10 N–H and O–H groups in total. The molecule has 0 saturated heterocycles. The van der Waals surface area contributed by atoms with Gasteiger partial charge in [-0.3, -0.25) is 19.2 Å². The van der Waals surface area contributed by atoms with E-state index in [9.17, 15) is 29.1 Å². The molecule has 0 aliphatic carbocycles. The number of carbonyl (C=O) groups is 5. The zero-order chi connectivity index (χ0) is 26.3. The third-order valence-electron chi connectivity index (χ3n) is 4.90. The summed E-state index contributed by atoms with van der Waals surface area (Å²) in [6.45, 7) is 4.12. The largest absolute Gasteiger partial charge is 0.480 e. The van der Waals surface area contributed by atoms with E-state index in [1.807, 2.05) is 20.1 Å². The van der Waals surface area contributed by atoms with Crippen LogP contribution in [0.4, 0.5) is 0 Å². The summed E-state index contributed by atoms with van der Waals surface area (Å²) in [5.74, 6) is -3.32. The van der Waals surface area contributed by atoms with Crippen molar-refractivity contribution in [1.82, 2.24) is 16.0 Å². The molecule has 0 spiro atoms. The van der Waals surface area contributed by atoms with E-state index in [0.717, 1.165) is 0 Å². The van der Waals surface area contributed by atoms with E-state index in [2.05, 4.69) is 16.0 Å². The fraction of sp³-hybridized carbons (Fsp3) is 0.762. The monoisotopic (exact) mass is 504 g/mol. The summed E-state index contributed by atoms with van der Waals surface area (Å²) in [5.41, 5.74) is 16.3. The van der Waals surface area contributed by atoms with Crippen molar-refractivity contribution >= 4 is 41.4 Å². The number of carbonyl (C=O) groups excluding carboxylic acids is 4. The summed E-state index contributed by atoms with van der Waals surface area (Å²) < 4.78 is 0. The lowest BCUT2D eigenvalue weighted by molar-refractivity contribution is -0.142. The maximum atomic E-state index is 13.0. The van der Waals surface area contributed by atoms with Gasteiger partial charge in [-0.1, -0.05) is 13.8 Å². The standard InChI is InChI=1S/C21H40N6O6S/c1-12(2)10-16(20(31)26-15(21(32)33)7-9-34-3)27-19(30)14(6-4-5-8-22)25-18(29)13(23)11-17(24)28/h12-16H,4-11,22-23H2,1-3H3,(H2,24,28)(H,25,29)(H,26,31)(H,27,30)(H,32,33). The summed E-state index contributed by atoms with van der Waals surface area (Å²) in [5, 5.41) is 17.0. The molecule has 0 aromatic rings. The number of nitrogens with one attached hydrogen (secondary N) is 3. The maximum Gasteiger partial charge on any atom is 0.326 e. The molecule has 4 amide bonds. The van der Waals surface area contributed by atoms with Crippen molar-refractivity contribution in [3.8, 4) is 0 Å². The first-order chi connectivity index (χ1) is 15.9. The van der Waals surface area contributed by atoms with E-state index in [0.29, 0.717) is 25.1 Å². The van der Waals surface area contributed by atoms with E-state index in [-0.39, 0.29) is 31.6 Å². The molecule has 0 aromatic carbocycles. The van der Waals surface area contributed by atoms with Crippen molar-refractivity contribution in [2.45, 2.75) is 76.5 Å². The Bertz CT molecular complexity index is 693. The van der Waals surface area contributed by atoms with Crippen LogP contribution in [-0.4, -0.2) is 77.4 Å². The Morgan fingerprint density at radius 1 is 0.882 bits per heavy atom. The quantitative estimate of drug-likeness (QED) is 0.110. The molecule has 0 fully saturated rings. The molecule has 13 heteroatoms. The number of nitrogens with two attached hydrogens (primary N) is 3. The van der Waals surface area contributed by atoms with Crippen molar-refractivity contribution in [2.75, 3.05) is 18.6 Å². The highest BCUT2D eigenvalue weighted by atomic mass is 32.2. The van der Waals surface area contributed by atoms with Gasteiger partial charge >= 0.3 is 5.97 Å². The molecular formula is C21H40N6O6S. The Labute approximate surface area is 204 Å². The average Bonchev–Trinajstić information content (AvgIpc) is 2.74. The predicted molar refractivity (Wildman–Crippen MR) is 131 cm³/mol. The van der Waals surface area contributed by atoms with Gasteiger partial charge in [0.1, 0.15) is 18.1 Å². The van der Waals surface area contributed by atoms with Crippen LogP contribution in [0.5, 0.6) is 0 Å². The van der Waals surface area contributed by atoms with Crippen LogP contribution < -0.4 is 33.2 Å². The van der Waals surface area contributed by atoms with Gasteiger partial charge in [-0.15, -0.1) is 0 Å². The summed E-state index contributed by atoms with van der Waals surface area (Å²) in [6.07, 6.45) is 3.32.